The van der Waals surface area contributed by atoms with Crippen LogP contribution in [0.15, 0.2) is 36.5 Å². The minimum atomic E-state index is 0.221. The third-order valence-electron chi connectivity index (χ3n) is 3.13. The van der Waals surface area contributed by atoms with Gasteiger partial charge in [0.1, 0.15) is 5.75 Å². The van der Waals surface area contributed by atoms with Crippen molar-refractivity contribution in [1.29, 1.82) is 0 Å². The van der Waals surface area contributed by atoms with Crippen LogP contribution in [0.2, 0.25) is 0 Å². The molecule has 1 aromatic heterocycles. The molecule has 1 atom stereocenters. The molecule has 0 spiro atoms. The summed E-state index contributed by atoms with van der Waals surface area (Å²) in [6.07, 6.45) is 1.83. The molecule has 1 unspecified atom stereocenters. The number of rotatable bonds is 5. The Bertz CT molecular complexity index is 507. The summed E-state index contributed by atoms with van der Waals surface area (Å²) < 4.78 is 7.26. The molecular formula is C14H19N3O. The molecule has 0 bridgehead atoms. The summed E-state index contributed by atoms with van der Waals surface area (Å²) in [5.41, 5.74) is 2.37. The molecule has 2 rings (SSSR count). The SMILES string of the molecule is CNC(Cn1nccc1C)c1cccc(OC)c1. The first-order valence-corrected chi connectivity index (χ1v) is 6.04. The van der Waals surface area contributed by atoms with Crippen LogP contribution in [-0.4, -0.2) is 23.9 Å². The number of ether oxygens (including phenoxy) is 1. The third kappa shape index (κ3) is 2.71. The lowest BCUT2D eigenvalue weighted by molar-refractivity contribution is 0.411. The van der Waals surface area contributed by atoms with Crippen molar-refractivity contribution in [2.45, 2.75) is 19.5 Å². The van der Waals surface area contributed by atoms with Gasteiger partial charge in [-0.1, -0.05) is 12.1 Å². The minimum absolute atomic E-state index is 0.221. The van der Waals surface area contributed by atoms with Crippen LogP contribution in [0.1, 0.15) is 17.3 Å². The highest BCUT2D eigenvalue weighted by molar-refractivity contribution is 5.30. The first-order chi connectivity index (χ1) is 8.74. The molecular weight excluding hydrogens is 226 g/mol. The molecule has 0 aliphatic rings. The summed E-state index contributed by atoms with van der Waals surface area (Å²) in [6, 6.07) is 10.4. The van der Waals surface area contributed by atoms with Crippen LogP contribution in [0.3, 0.4) is 0 Å². The smallest absolute Gasteiger partial charge is 0.119 e. The largest absolute Gasteiger partial charge is 0.497 e. The summed E-state index contributed by atoms with van der Waals surface area (Å²) in [6.45, 7) is 2.87. The molecule has 1 N–H and O–H groups in total. The van der Waals surface area contributed by atoms with Crippen LogP contribution < -0.4 is 10.1 Å². The van der Waals surface area contributed by atoms with Gasteiger partial charge in [-0.15, -0.1) is 0 Å². The number of aryl methyl sites for hydroxylation is 1. The van der Waals surface area contributed by atoms with Crippen molar-refractivity contribution in [3.05, 3.63) is 47.8 Å². The fourth-order valence-electron chi connectivity index (χ4n) is 1.98. The van der Waals surface area contributed by atoms with Gasteiger partial charge in [-0.05, 0) is 37.7 Å². The molecule has 0 fully saturated rings. The van der Waals surface area contributed by atoms with E-state index in [0.29, 0.717) is 0 Å². The molecule has 0 amide bonds. The fourth-order valence-corrected chi connectivity index (χ4v) is 1.98. The van der Waals surface area contributed by atoms with E-state index in [1.165, 1.54) is 5.56 Å². The van der Waals surface area contributed by atoms with Crippen molar-refractivity contribution in [1.82, 2.24) is 15.1 Å². The molecule has 1 heterocycles. The van der Waals surface area contributed by atoms with E-state index in [0.717, 1.165) is 18.0 Å². The number of benzene rings is 1. The summed E-state index contributed by atoms with van der Waals surface area (Å²) in [5, 5.41) is 7.64. The fraction of sp³-hybridized carbons (Fsp3) is 0.357. The number of hydrogen-bond donors (Lipinski definition) is 1. The lowest BCUT2D eigenvalue weighted by Gasteiger charge is -2.18. The Morgan fingerprint density at radius 2 is 2.22 bits per heavy atom. The van der Waals surface area contributed by atoms with E-state index in [-0.39, 0.29) is 6.04 Å². The maximum Gasteiger partial charge on any atom is 0.119 e. The molecule has 96 valence electrons. The molecule has 18 heavy (non-hydrogen) atoms. The van der Waals surface area contributed by atoms with Gasteiger partial charge in [-0.25, -0.2) is 0 Å². The maximum absolute atomic E-state index is 5.26. The highest BCUT2D eigenvalue weighted by Gasteiger charge is 2.12. The first-order valence-electron chi connectivity index (χ1n) is 6.04. The van der Waals surface area contributed by atoms with Gasteiger partial charge in [0, 0.05) is 11.9 Å². The van der Waals surface area contributed by atoms with Crippen molar-refractivity contribution in [3.63, 3.8) is 0 Å². The van der Waals surface area contributed by atoms with Crippen LogP contribution in [0.25, 0.3) is 0 Å². The Morgan fingerprint density at radius 3 is 2.83 bits per heavy atom. The lowest BCUT2D eigenvalue weighted by Crippen LogP contribution is -2.23. The van der Waals surface area contributed by atoms with Gasteiger partial charge in [0.25, 0.3) is 0 Å². The zero-order chi connectivity index (χ0) is 13.0. The second-order valence-electron chi connectivity index (χ2n) is 4.27. The zero-order valence-corrected chi connectivity index (χ0v) is 11.1. The van der Waals surface area contributed by atoms with Crippen molar-refractivity contribution in [2.75, 3.05) is 14.2 Å². The Morgan fingerprint density at radius 1 is 1.39 bits per heavy atom. The number of methoxy groups -OCH3 is 1. The first kappa shape index (κ1) is 12.6. The Balaban J connectivity index is 2.20. The van der Waals surface area contributed by atoms with Crippen molar-refractivity contribution in [3.8, 4) is 5.75 Å². The Hall–Kier alpha value is -1.81. The monoisotopic (exact) mass is 245 g/mol. The van der Waals surface area contributed by atoms with E-state index in [9.17, 15) is 0 Å². The van der Waals surface area contributed by atoms with E-state index in [1.807, 2.05) is 36.1 Å². The lowest BCUT2D eigenvalue weighted by atomic mass is 10.1. The van der Waals surface area contributed by atoms with E-state index in [1.54, 1.807) is 7.11 Å². The molecule has 0 aliphatic heterocycles. The van der Waals surface area contributed by atoms with Gasteiger partial charge in [-0.2, -0.15) is 5.10 Å². The number of nitrogens with zero attached hydrogens (tertiary/aromatic N) is 2. The van der Waals surface area contributed by atoms with Gasteiger partial charge in [0.05, 0.1) is 19.7 Å². The van der Waals surface area contributed by atoms with Crippen LogP contribution >= 0.6 is 0 Å². The summed E-state index contributed by atoms with van der Waals surface area (Å²) in [4.78, 5) is 0. The van der Waals surface area contributed by atoms with Crippen LogP contribution in [0, 0.1) is 6.92 Å². The quantitative estimate of drug-likeness (QED) is 0.877. The van der Waals surface area contributed by atoms with Gasteiger partial charge < -0.3 is 10.1 Å². The van der Waals surface area contributed by atoms with Crippen molar-refractivity contribution in [2.24, 2.45) is 0 Å². The van der Waals surface area contributed by atoms with E-state index >= 15 is 0 Å². The molecule has 2 aromatic rings. The molecule has 0 aliphatic carbocycles. The van der Waals surface area contributed by atoms with Crippen LogP contribution in [0.5, 0.6) is 5.75 Å². The van der Waals surface area contributed by atoms with E-state index in [4.69, 9.17) is 4.74 Å². The topological polar surface area (TPSA) is 39.1 Å². The highest BCUT2D eigenvalue weighted by atomic mass is 16.5. The second-order valence-corrected chi connectivity index (χ2v) is 4.27. The maximum atomic E-state index is 5.26. The van der Waals surface area contributed by atoms with Crippen LogP contribution in [-0.2, 0) is 6.54 Å². The molecule has 4 heteroatoms. The molecule has 1 aromatic carbocycles. The number of likely N-dealkylation sites (N-methyl/N-ethyl adjacent to an activating group) is 1. The zero-order valence-electron chi connectivity index (χ0n) is 11.1. The summed E-state index contributed by atoms with van der Waals surface area (Å²) >= 11 is 0. The normalized spacial score (nSPS) is 12.4. The second kappa shape index (κ2) is 5.69. The molecule has 0 saturated heterocycles. The van der Waals surface area contributed by atoms with Gasteiger partial charge in [0.15, 0.2) is 0 Å². The van der Waals surface area contributed by atoms with Gasteiger partial charge in [-0.3, -0.25) is 4.68 Å². The number of aromatic nitrogens is 2. The predicted molar refractivity (Wildman–Crippen MR) is 71.8 cm³/mol. The average molecular weight is 245 g/mol. The average Bonchev–Trinajstić information content (AvgIpc) is 2.81. The third-order valence-corrected chi connectivity index (χ3v) is 3.13. The highest BCUT2D eigenvalue weighted by Crippen LogP contribution is 2.20. The predicted octanol–water partition coefficient (Wildman–Crippen LogP) is 2.16. The van der Waals surface area contributed by atoms with Crippen molar-refractivity contribution >= 4 is 0 Å². The number of hydrogen-bond acceptors (Lipinski definition) is 3. The van der Waals surface area contributed by atoms with Crippen molar-refractivity contribution < 1.29 is 4.74 Å². The summed E-state index contributed by atoms with van der Waals surface area (Å²) in [5.74, 6) is 0.880. The summed E-state index contributed by atoms with van der Waals surface area (Å²) in [7, 11) is 3.65. The Kier molecular flexibility index (Phi) is 3.99. The number of nitrogens with one attached hydrogen (secondary N) is 1. The van der Waals surface area contributed by atoms with Gasteiger partial charge in [0.2, 0.25) is 0 Å². The molecule has 0 saturated carbocycles. The van der Waals surface area contributed by atoms with E-state index in [2.05, 4.69) is 29.5 Å². The molecule has 4 nitrogen and oxygen atoms in total. The minimum Gasteiger partial charge on any atom is -0.497 e. The van der Waals surface area contributed by atoms with Crippen LogP contribution in [0.4, 0.5) is 0 Å². The molecule has 0 radical (unpaired) electrons. The van der Waals surface area contributed by atoms with Gasteiger partial charge >= 0.3 is 0 Å². The standard InChI is InChI=1S/C14H19N3O/c1-11-7-8-16-17(11)10-14(15-2)12-5-4-6-13(9-12)18-3/h4-9,14-15H,10H2,1-3H3. The Labute approximate surface area is 108 Å². The van der Waals surface area contributed by atoms with E-state index < -0.39 is 0 Å².